The van der Waals surface area contributed by atoms with Crippen LogP contribution in [-0.4, -0.2) is 32.6 Å². The van der Waals surface area contributed by atoms with Crippen LogP contribution in [0.15, 0.2) is 76.8 Å². The summed E-state index contributed by atoms with van der Waals surface area (Å²) in [4.78, 5) is 6.43. The molecule has 6 nitrogen and oxygen atoms in total. The molecule has 32 heavy (non-hydrogen) atoms. The summed E-state index contributed by atoms with van der Waals surface area (Å²) in [5.41, 5.74) is 2.02. The summed E-state index contributed by atoms with van der Waals surface area (Å²) in [6, 6.07) is 16.1. The zero-order valence-corrected chi connectivity index (χ0v) is 17.9. The van der Waals surface area contributed by atoms with Crippen molar-refractivity contribution in [2.75, 3.05) is 14.2 Å². The Balaban J connectivity index is 1.89. The summed E-state index contributed by atoms with van der Waals surface area (Å²) in [6.07, 6.45) is 0. The smallest absolute Gasteiger partial charge is 0.242 e. The van der Waals surface area contributed by atoms with Crippen LogP contribution in [0.2, 0.25) is 0 Å². The third kappa shape index (κ3) is 3.94. The molecule has 9 heteroatoms. The fourth-order valence-corrected chi connectivity index (χ4v) is 4.42. The molecule has 4 aromatic rings. The molecule has 0 fully saturated rings. The highest BCUT2D eigenvalue weighted by molar-refractivity contribution is 7.91. The summed E-state index contributed by atoms with van der Waals surface area (Å²) in [5, 5.41) is -0.459. The number of rotatable bonds is 6. The number of nitrogens with zero attached hydrogens (tertiary/aromatic N) is 1. The molecule has 164 valence electrons. The van der Waals surface area contributed by atoms with Gasteiger partial charge in [0.15, 0.2) is 0 Å². The van der Waals surface area contributed by atoms with Gasteiger partial charge >= 0.3 is 0 Å². The Kier molecular flexibility index (Phi) is 5.67. The van der Waals surface area contributed by atoms with E-state index in [1.54, 1.807) is 48.5 Å². The second-order valence-electron chi connectivity index (χ2n) is 6.80. The minimum absolute atomic E-state index is 0.346. The lowest BCUT2D eigenvalue weighted by Gasteiger charge is -2.06. The van der Waals surface area contributed by atoms with Gasteiger partial charge in [-0.15, -0.1) is 0 Å². The summed E-state index contributed by atoms with van der Waals surface area (Å²) < 4.78 is 64.1. The van der Waals surface area contributed by atoms with Crippen LogP contribution in [0.25, 0.3) is 22.5 Å². The van der Waals surface area contributed by atoms with E-state index in [0.717, 1.165) is 12.1 Å². The van der Waals surface area contributed by atoms with Gasteiger partial charge in [0, 0.05) is 17.2 Å². The van der Waals surface area contributed by atoms with E-state index >= 15 is 0 Å². The first kappa shape index (κ1) is 21.5. The topological polar surface area (TPSA) is 81.3 Å². The lowest BCUT2D eigenvalue weighted by Crippen LogP contribution is -2.07. The Labute approximate surface area is 183 Å². The molecule has 3 aromatic carbocycles. The first-order valence-electron chi connectivity index (χ1n) is 9.42. The Morgan fingerprint density at radius 3 is 1.91 bits per heavy atom. The Bertz CT molecular complexity index is 1300. The number of hydrogen-bond acceptors (Lipinski definition) is 5. The zero-order valence-electron chi connectivity index (χ0n) is 17.1. The van der Waals surface area contributed by atoms with Crippen molar-refractivity contribution in [2.45, 2.75) is 10.1 Å². The molecule has 0 saturated heterocycles. The normalized spacial score (nSPS) is 11.4. The highest BCUT2D eigenvalue weighted by Crippen LogP contribution is 2.34. The van der Waals surface area contributed by atoms with E-state index in [-0.39, 0.29) is 0 Å². The average molecular weight is 456 g/mol. The van der Waals surface area contributed by atoms with E-state index in [4.69, 9.17) is 9.47 Å². The summed E-state index contributed by atoms with van der Waals surface area (Å²) >= 11 is 0. The van der Waals surface area contributed by atoms with Gasteiger partial charge in [-0.1, -0.05) is 0 Å². The van der Waals surface area contributed by atoms with Crippen LogP contribution in [0.4, 0.5) is 8.78 Å². The second kappa shape index (κ2) is 8.43. The molecule has 0 unspecified atom stereocenters. The fourth-order valence-electron chi connectivity index (χ4n) is 3.20. The number of methoxy groups -OCH3 is 2. The minimum atomic E-state index is -4.39. The molecular formula is C23H18F2N2O4S. The number of ether oxygens (including phenoxy) is 2. The van der Waals surface area contributed by atoms with Gasteiger partial charge in [0.05, 0.1) is 25.6 Å². The van der Waals surface area contributed by atoms with Crippen molar-refractivity contribution in [3.63, 3.8) is 0 Å². The molecule has 1 heterocycles. The van der Waals surface area contributed by atoms with Gasteiger partial charge < -0.3 is 14.5 Å². The maximum absolute atomic E-state index is 14.3. The second-order valence-corrected chi connectivity index (χ2v) is 8.63. The number of sulfone groups is 1. The third-order valence-corrected chi connectivity index (χ3v) is 6.47. The molecule has 0 spiro atoms. The van der Waals surface area contributed by atoms with Crippen LogP contribution in [-0.2, 0) is 9.84 Å². The number of benzene rings is 3. The van der Waals surface area contributed by atoms with Crippen LogP contribution in [0.5, 0.6) is 11.5 Å². The molecule has 0 amide bonds. The first-order valence-corrected chi connectivity index (χ1v) is 10.9. The van der Waals surface area contributed by atoms with Crippen LogP contribution in [0.3, 0.4) is 0 Å². The Morgan fingerprint density at radius 2 is 1.38 bits per heavy atom. The predicted octanol–water partition coefficient (Wildman–Crippen LogP) is 4.87. The first-order chi connectivity index (χ1) is 15.3. The van der Waals surface area contributed by atoms with E-state index < -0.39 is 31.5 Å². The highest BCUT2D eigenvalue weighted by atomic mass is 32.2. The predicted molar refractivity (Wildman–Crippen MR) is 114 cm³/mol. The van der Waals surface area contributed by atoms with E-state index in [2.05, 4.69) is 9.97 Å². The van der Waals surface area contributed by atoms with Crippen molar-refractivity contribution in [1.29, 1.82) is 0 Å². The maximum atomic E-state index is 14.3. The largest absolute Gasteiger partial charge is 0.497 e. The average Bonchev–Trinajstić information content (AvgIpc) is 3.25. The molecule has 0 aliphatic rings. The molecule has 0 bridgehead atoms. The van der Waals surface area contributed by atoms with Gasteiger partial charge in [-0.3, -0.25) is 0 Å². The molecule has 1 N–H and O–H groups in total. The van der Waals surface area contributed by atoms with Crippen molar-refractivity contribution in [2.24, 2.45) is 0 Å². The van der Waals surface area contributed by atoms with E-state index in [1.807, 2.05) is 0 Å². The lowest BCUT2D eigenvalue weighted by molar-refractivity contribution is 0.414. The van der Waals surface area contributed by atoms with Crippen molar-refractivity contribution < 1.29 is 26.7 Å². The highest BCUT2D eigenvalue weighted by Gasteiger charge is 2.28. The van der Waals surface area contributed by atoms with Crippen molar-refractivity contribution in [3.05, 3.63) is 78.4 Å². The van der Waals surface area contributed by atoms with Gasteiger partial charge in [-0.05, 0) is 60.7 Å². The monoisotopic (exact) mass is 456 g/mol. The number of imidazole rings is 1. The Morgan fingerprint density at radius 1 is 0.812 bits per heavy atom. The van der Waals surface area contributed by atoms with Crippen molar-refractivity contribution in [1.82, 2.24) is 9.97 Å². The van der Waals surface area contributed by atoms with Crippen LogP contribution < -0.4 is 9.47 Å². The molecule has 0 radical (unpaired) electrons. The quantitative estimate of drug-likeness (QED) is 0.419. The van der Waals surface area contributed by atoms with Crippen molar-refractivity contribution in [3.8, 4) is 34.0 Å². The van der Waals surface area contributed by atoms with Crippen molar-refractivity contribution >= 4 is 9.84 Å². The van der Waals surface area contributed by atoms with E-state index in [9.17, 15) is 17.2 Å². The minimum Gasteiger partial charge on any atom is -0.497 e. The number of aromatic amines is 1. The van der Waals surface area contributed by atoms with Gasteiger partial charge in [-0.2, -0.15) is 0 Å². The molecule has 0 aliphatic heterocycles. The Hall–Kier alpha value is -3.72. The number of nitrogens with one attached hydrogen (secondary N) is 1. The van der Waals surface area contributed by atoms with E-state index in [1.165, 1.54) is 14.2 Å². The molecule has 0 aliphatic carbocycles. The summed E-state index contributed by atoms with van der Waals surface area (Å²) in [6.45, 7) is 0. The molecule has 0 atom stereocenters. The number of hydrogen-bond donors (Lipinski definition) is 1. The lowest BCUT2D eigenvalue weighted by atomic mass is 10.0. The summed E-state index contributed by atoms with van der Waals surface area (Å²) in [5.74, 6) is -0.825. The third-order valence-electron chi connectivity index (χ3n) is 4.86. The SMILES string of the molecule is COc1ccc(-c2nc(S(=O)(=O)c3ccc(F)cc3F)[nH]c2-c2ccc(OC)cc2)cc1. The molecular weight excluding hydrogens is 438 g/mol. The van der Waals surface area contributed by atoms with Crippen LogP contribution in [0.1, 0.15) is 0 Å². The van der Waals surface area contributed by atoms with Crippen LogP contribution in [0, 0.1) is 11.6 Å². The summed E-state index contributed by atoms with van der Waals surface area (Å²) in [7, 11) is -1.31. The number of aromatic nitrogens is 2. The fraction of sp³-hybridized carbons (Fsp3) is 0.0870. The molecule has 1 aromatic heterocycles. The van der Waals surface area contributed by atoms with Gasteiger partial charge in [0.2, 0.25) is 15.0 Å². The van der Waals surface area contributed by atoms with Gasteiger partial charge in [-0.25, -0.2) is 22.2 Å². The zero-order chi connectivity index (χ0) is 22.9. The molecule has 4 rings (SSSR count). The standard InChI is InChI=1S/C23H18F2N2O4S/c1-30-17-8-3-14(4-9-17)21-22(15-5-10-18(31-2)11-6-15)27-23(26-21)32(28,29)20-12-7-16(24)13-19(20)25/h3-13H,1-2H3,(H,26,27). The van der Waals surface area contributed by atoms with E-state index in [0.29, 0.717) is 40.1 Å². The van der Waals surface area contributed by atoms with Crippen LogP contribution >= 0.6 is 0 Å². The van der Waals surface area contributed by atoms with Gasteiger partial charge in [0.1, 0.15) is 28.0 Å². The maximum Gasteiger partial charge on any atom is 0.242 e. The number of halogens is 2. The number of H-pyrrole nitrogens is 1. The molecule has 0 saturated carbocycles. The van der Waals surface area contributed by atoms with Gasteiger partial charge in [0.25, 0.3) is 0 Å².